The highest BCUT2D eigenvalue weighted by atomic mass is 32.2. The van der Waals surface area contributed by atoms with Gasteiger partial charge in [0.2, 0.25) is 10.0 Å². The van der Waals surface area contributed by atoms with E-state index in [2.05, 4.69) is 10.0 Å². The Hall–Kier alpha value is -0.950. The van der Waals surface area contributed by atoms with Crippen LogP contribution >= 0.6 is 0 Å². The van der Waals surface area contributed by atoms with Gasteiger partial charge in [0.15, 0.2) is 0 Å². The second kappa shape index (κ2) is 8.27. The van der Waals surface area contributed by atoms with E-state index in [4.69, 9.17) is 4.74 Å². The molecule has 0 aliphatic rings. The van der Waals surface area contributed by atoms with Crippen LogP contribution in [0.15, 0.2) is 29.2 Å². The number of hydrogen-bond acceptors (Lipinski definition) is 4. The summed E-state index contributed by atoms with van der Waals surface area (Å²) in [7, 11) is -1.79. The van der Waals surface area contributed by atoms with Crippen molar-refractivity contribution in [1.29, 1.82) is 0 Å². The molecule has 0 heterocycles. The summed E-state index contributed by atoms with van der Waals surface area (Å²) in [5, 5.41) is 3.09. The molecule has 1 aromatic rings. The average Bonchev–Trinajstić information content (AvgIpc) is 2.42. The quantitative estimate of drug-likeness (QED) is 0.658. The van der Waals surface area contributed by atoms with Gasteiger partial charge in [0.25, 0.3) is 0 Å². The van der Waals surface area contributed by atoms with Gasteiger partial charge in [-0.2, -0.15) is 0 Å². The summed E-state index contributed by atoms with van der Waals surface area (Å²) in [6, 6.07) is 7.07. The highest BCUT2D eigenvalue weighted by Gasteiger charge is 2.16. The van der Waals surface area contributed by atoms with Crippen molar-refractivity contribution >= 4 is 10.0 Å². The van der Waals surface area contributed by atoms with Crippen LogP contribution in [-0.2, 0) is 21.2 Å². The highest BCUT2D eigenvalue weighted by Crippen LogP contribution is 2.15. The first-order chi connectivity index (χ1) is 9.11. The molecule has 0 spiro atoms. The molecular formula is C13H22N2O3S. The molecule has 0 fully saturated rings. The summed E-state index contributed by atoms with van der Waals surface area (Å²) in [6.07, 6.45) is 0.698. The molecule has 6 heteroatoms. The molecule has 0 aromatic heterocycles. The van der Waals surface area contributed by atoms with Crippen LogP contribution in [0.25, 0.3) is 0 Å². The van der Waals surface area contributed by atoms with Crippen molar-refractivity contribution in [2.24, 2.45) is 0 Å². The largest absolute Gasteiger partial charge is 0.383 e. The summed E-state index contributed by atoms with van der Waals surface area (Å²) >= 11 is 0. The SMILES string of the molecule is CCc1ccccc1S(=O)(=O)NCCNCCOC. The minimum Gasteiger partial charge on any atom is -0.383 e. The van der Waals surface area contributed by atoms with Crippen LogP contribution in [0.2, 0.25) is 0 Å². The van der Waals surface area contributed by atoms with Gasteiger partial charge < -0.3 is 10.1 Å². The zero-order chi connectivity index (χ0) is 14.1. The van der Waals surface area contributed by atoms with Crippen LogP contribution in [0.4, 0.5) is 0 Å². The summed E-state index contributed by atoms with van der Waals surface area (Å²) < 4.78 is 31.8. The predicted molar refractivity (Wildman–Crippen MR) is 75.8 cm³/mol. The van der Waals surface area contributed by atoms with Crippen molar-refractivity contribution in [3.63, 3.8) is 0 Å². The minimum atomic E-state index is -3.42. The first-order valence-electron chi connectivity index (χ1n) is 6.39. The highest BCUT2D eigenvalue weighted by molar-refractivity contribution is 7.89. The molecule has 0 saturated heterocycles. The van der Waals surface area contributed by atoms with Gasteiger partial charge in [-0.25, -0.2) is 13.1 Å². The van der Waals surface area contributed by atoms with Gasteiger partial charge in [-0.1, -0.05) is 25.1 Å². The molecule has 0 atom stereocenters. The molecule has 108 valence electrons. The van der Waals surface area contributed by atoms with E-state index in [1.54, 1.807) is 19.2 Å². The topological polar surface area (TPSA) is 67.4 Å². The molecule has 0 amide bonds. The van der Waals surface area contributed by atoms with Crippen molar-refractivity contribution in [1.82, 2.24) is 10.0 Å². The number of rotatable bonds is 9. The first kappa shape index (κ1) is 16.1. The third-order valence-corrected chi connectivity index (χ3v) is 4.28. The van der Waals surface area contributed by atoms with Crippen molar-refractivity contribution in [3.05, 3.63) is 29.8 Å². The summed E-state index contributed by atoms with van der Waals surface area (Å²) in [6.45, 7) is 4.22. The van der Waals surface area contributed by atoms with Gasteiger partial charge >= 0.3 is 0 Å². The molecule has 0 bridgehead atoms. The Bertz CT molecular complexity index is 475. The van der Waals surface area contributed by atoms with Crippen LogP contribution in [0.5, 0.6) is 0 Å². The lowest BCUT2D eigenvalue weighted by atomic mass is 10.2. The normalized spacial score (nSPS) is 11.7. The second-order valence-corrected chi connectivity index (χ2v) is 5.84. The molecule has 19 heavy (non-hydrogen) atoms. The Balaban J connectivity index is 2.52. The number of ether oxygens (including phenoxy) is 1. The van der Waals surface area contributed by atoms with Crippen LogP contribution < -0.4 is 10.0 Å². The predicted octanol–water partition coefficient (Wildman–Crippen LogP) is 0.763. The second-order valence-electron chi connectivity index (χ2n) is 4.10. The molecule has 2 N–H and O–H groups in total. The van der Waals surface area contributed by atoms with Crippen molar-refractivity contribution in [3.8, 4) is 0 Å². The van der Waals surface area contributed by atoms with Crippen molar-refractivity contribution in [2.45, 2.75) is 18.2 Å². The summed E-state index contributed by atoms with van der Waals surface area (Å²) in [5.74, 6) is 0. The standard InChI is InChI=1S/C13H22N2O3S/c1-3-12-6-4-5-7-13(12)19(16,17)15-9-8-14-10-11-18-2/h4-7,14-15H,3,8-11H2,1-2H3. The van der Waals surface area contributed by atoms with E-state index in [9.17, 15) is 8.42 Å². The number of methoxy groups -OCH3 is 1. The fourth-order valence-corrected chi connectivity index (χ4v) is 3.05. The van der Waals surface area contributed by atoms with Gasteiger partial charge in [0, 0.05) is 26.7 Å². The lowest BCUT2D eigenvalue weighted by Gasteiger charge is -2.10. The molecule has 1 aromatic carbocycles. The first-order valence-corrected chi connectivity index (χ1v) is 7.87. The molecule has 0 saturated carbocycles. The van der Waals surface area contributed by atoms with Crippen LogP contribution in [0.1, 0.15) is 12.5 Å². The van der Waals surface area contributed by atoms with Crippen molar-refractivity contribution in [2.75, 3.05) is 33.4 Å². The van der Waals surface area contributed by atoms with E-state index in [0.29, 0.717) is 37.6 Å². The average molecular weight is 286 g/mol. The molecule has 1 rings (SSSR count). The van der Waals surface area contributed by atoms with Gasteiger partial charge in [-0.15, -0.1) is 0 Å². The molecule has 0 aliphatic heterocycles. The molecule has 5 nitrogen and oxygen atoms in total. The lowest BCUT2D eigenvalue weighted by Crippen LogP contribution is -2.33. The molecule has 0 unspecified atom stereocenters. The Morgan fingerprint density at radius 3 is 2.58 bits per heavy atom. The van der Waals surface area contributed by atoms with E-state index in [0.717, 1.165) is 5.56 Å². The van der Waals surface area contributed by atoms with Crippen LogP contribution in [-0.4, -0.2) is 41.8 Å². The van der Waals surface area contributed by atoms with Gasteiger partial charge in [-0.3, -0.25) is 0 Å². The van der Waals surface area contributed by atoms with Gasteiger partial charge in [-0.05, 0) is 18.1 Å². The number of sulfonamides is 1. The van der Waals surface area contributed by atoms with E-state index in [1.807, 2.05) is 19.1 Å². The summed E-state index contributed by atoms with van der Waals surface area (Å²) in [4.78, 5) is 0.370. The number of aryl methyl sites for hydroxylation is 1. The maximum Gasteiger partial charge on any atom is 0.240 e. The Labute approximate surface area is 115 Å². The summed E-state index contributed by atoms with van der Waals surface area (Å²) in [5.41, 5.74) is 0.836. The maximum atomic E-state index is 12.1. The lowest BCUT2D eigenvalue weighted by molar-refractivity contribution is 0.199. The van der Waals surface area contributed by atoms with Gasteiger partial charge in [0.05, 0.1) is 11.5 Å². The Morgan fingerprint density at radius 2 is 1.89 bits per heavy atom. The molecule has 0 radical (unpaired) electrons. The van der Waals surface area contributed by atoms with Crippen molar-refractivity contribution < 1.29 is 13.2 Å². The zero-order valence-corrected chi connectivity index (χ0v) is 12.3. The Morgan fingerprint density at radius 1 is 1.16 bits per heavy atom. The fourth-order valence-electron chi connectivity index (χ4n) is 1.71. The fraction of sp³-hybridized carbons (Fsp3) is 0.538. The third-order valence-electron chi connectivity index (χ3n) is 2.72. The minimum absolute atomic E-state index is 0.365. The van der Waals surface area contributed by atoms with Crippen LogP contribution in [0, 0.1) is 0 Å². The third kappa shape index (κ3) is 5.28. The molecule has 0 aliphatic carbocycles. The smallest absolute Gasteiger partial charge is 0.240 e. The monoisotopic (exact) mass is 286 g/mol. The maximum absolute atomic E-state index is 12.1. The Kier molecular flexibility index (Phi) is 7.01. The van der Waals surface area contributed by atoms with E-state index < -0.39 is 10.0 Å². The van der Waals surface area contributed by atoms with Gasteiger partial charge in [0.1, 0.15) is 0 Å². The zero-order valence-electron chi connectivity index (χ0n) is 11.5. The number of hydrogen-bond donors (Lipinski definition) is 2. The van der Waals surface area contributed by atoms with E-state index in [-0.39, 0.29) is 0 Å². The van der Waals surface area contributed by atoms with E-state index in [1.165, 1.54) is 0 Å². The molecular weight excluding hydrogens is 264 g/mol. The number of nitrogens with one attached hydrogen (secondary N) is 2. The van der Waals surface area contributed by atoms with E-state index >= 15 is 0 Å². The number of benzene rings is 1. The van der Waals surface area contributed by atoms with Crippen LogP contribution in [0.3, 0.4) is 0 Å².